The molecule has 0 bridgehead atoms. The predicted octanol–water partition coefficient (Wildman–Crippen LogP) is 3.64. The molecule has 0 radical (unpaired) electrons. The van der Waals surface area contributed by atoms with E-state index in [2.05, 4.69) is 26.0 Å². The van der Waals surface area contributed by atoms with Gasteiger partial charge < -0.3 is 10.1 Å². The van der Waals surface area contributed by atoms with E-state index in [9.17, 15) is 13.6 Å². The molecule has 19 heavy (non-hydrogen) atoms. The highest BCUT2D eigenvalue weighted by Gasteiger charge is 2.26. The number of amides is 1. The van der Waals surface area contributed by atoms with Crippen LogP contribution in [0.5, 0.6) is 5.75 Å². The molecular weight excluding hydrogens is 320 g/mol. The number of halogens is 3. The molecule has 106 valence electrons. The molecule has 1 N–H and O–H groups in total. The topological polar surface area (TPSA) is 38.3 Å². The Morgan fingerprint density at radius 3 is 2.47 bits per heavy atom. The Morgan fingerprint density at radius 1 is 1.37 bits per heavy atom. The largest absolute Gasteiger partial charge is 0.434 e. The molecule has 6 heteroatoms. The summed E-state index contributed by atoms with van der Waals surface area (Å²) in [6.45, 7) is 2.23. The molecule has 0 saturated carbocycles. The second-order valence-electron chi connectivity index (χ2n) is 4.58. The van der Waals surface area contributed by atoms with Crippen LogP contribution in [0.4, 0.5) is 8.78 Å². The van der Waals surface area contributed by atoms with Gasteiger partial charge in [0, 0.05) is 5.56 Å². The maximum atomic E-state index is 12.3. The second kappa shape index (κ2) is 6.32. The van der Waals surface area contributed by atoms with Crippen LogP contribution in [0, 0.1) is 0 Å². The zero-order valence-corrected chi connectivity index (χ0v) is 12.5. The third-order valence-corrected chi connectivity index (χ3v) is 2.85. The average Bonchev–Trinajstić information content (AvgIpc) is 2.27. The summed E-state index contributed by atoms with van der Waals surface area (Å²) in [6, 6.07) is 5.96. The van der Waals surface area contributed by atoms with Crippen molar-refractivity contribution in [2.24, 2.45) is 0 Å². The van der Waals surface area contributed by atoms with Crippen LogP contribution in [-0.2, 0) is 4.79 Å². The minimum absolute atomic E-state index is 0.0673. The van der Waals surface area contributed by atoms with Gasteiger partial charge in [-0.25, -0.2) is 0 Å². The Balaban J connectivity index is 2.88. The Kier molecular flexibility index (Phi) is 5.29. The van der Waals surface area contributed by atoms with E-state index in [0.717, 1.165) is 0 Å². The zero-order valence-electron chi connectivity index (χ0n) is 10.9. The number of ether oxygens (including phenoxy) is 1. The van der Waals surface area contributed by atoms with Gasteiger partial charge in [0.2, 0.25) is 5.91 Å². The van der Waals surface area contributed by atoms with Gasteiger partial charge in [-0.2, -0.15) is 8.78 Å². The van der Waals surface area contributed by atoms with Crippen LogP contribution >= 0.6 is 15.9 Å². The first-order valence-electron chi connectivity index (χ1n) is 5.75. The SMILES string of the molecule is CC(NC(=O)C(C)(C)Br)c1ccccc1OC(F)F. The van der Waals surface area contributed by atoms with Gasteiger partial charge in [-0.15, -0.1) is 0 Å². The summed E-state index contributed by atoms with van der Waals surface area (Å²) in [6.07, 6.45) is 0. The number of carbonyl (C=O) groups is 1. The monoisotopic (exact) mass is 335 g/mol. The van der Waals surface area contributed by atoms with Gasteiger partial charge in [0.25, 0.3) is 0 Å². The maximum absolute atomic E-state index is 12.3. The summed E-state index contributed by atoms with van der Waals surface area (Å²) in [4.78, 5) is 11.8. The van der Waals surface area contributed by atoms with Crippen molar-refractivity contribution in [1.29, 1.82) is 0 Å². The number of carbonyl (C=O) groups excluding carboxylic acids is 1. The van der Waals surface area contributed by atoms with E-state index < -0.39 is 17.0 Å². The number of alkyl halides is 3. The lowest BCUT2D eigenvalue weighted by Gasteiger charge is -2.22. The Morgan fingerprint density at radius 2 is 1.95 bits per heavy atom. The third-order valence-electron chi connectivity index (χ3n) is 2.49. The van der Waals surface area contributed by atoms with E-state index >= 15 is 0 Å². The van der Waals surface area contributed by atoms with Crippen molar-refractivity contribution in [2.75, 3.05) is 0 Å². The van der Waals surface area contributed by atoms with E-state index in [1.54, 1.807) is 39.0 Å². The van der Waals surface area contributed by atoms with Gasteiger partial charge in [-0.05, 0) is 26.8 Å². The summed E-state index contributed by atoms with van der Waals surface area (Å²) in [5.74, 6) is -0.162. The van der Waals surface area contributed by atoms with E-state index in [4.69, 9.17) is 0 Å². The molecule has 1 aromatic rings. The predicted molar refractivity (Wildman–Crippen MR) is 72.6 cm³/mol. The van der Waals surface area contributed by atoms with Crippen molar-refractivity contribution in [3.63, 3.8) is 0 Å². The molecule has 1 aromatic carbocycles. The smallest absolute Gasteiger partial charge is 0.387 e. The number of rotatable bonds is 5. The molecule has 0 heterocycles. The van der Waals surface area contributed by atoms with E-state index in [1.165, 1.54) is 6.07 Å². The van der Waals surface area contributed by atoms with Crippen LogP contribution in [0.25, 0.3) is 0 Å². The normalized spacial score (nSPS) is 13.2. The van der Waals surface area contributed by atoms with E-state index in [0.29, 0.717) is 5.56 Å². The standard InChI is InChI=1S/C13H16BrF2NO2/c1-8(17-11(18)13(2,3)14)9-6-4-5-7-10(9)19-12(15)16/h4-8,12H,1-3H3,(H,17,18). The number of hydrogen-bond donors (Lipinski definition) is 1. The van der Waals surface area contributed by atoms with Crippen molar-refractivity contribution in [3.05, 3.63) is 29.8 Å². The lowest BCUT2D eigenvalue weighted by atomic mass is 10.1. The summed E-state index contributed by atoms with van der Waals surface area (Å²) in [5.41, 5.74) is 0.507. The van der Waals surface area contributed by atoms with Crippen LogP contribution in [-0.4, -0.2) is 16.8 Å². The van der Waals surface area contributed by atoms with Crippen LogP contribution in [0.1, 0.15) is 32.4 Å². The van der Waals surface area contributed by atoms with E-state index in [-0.39, 0.29) is 11.7 Å². The highest BCUT2D eigenvalue weighted by atomic mass is 79.9. The molecule has 0 saturated heterocycles. The van der Waals surface area contributed by atoms with Gasteiger partial charge >= 0.3 is 6.61 Å². The van der Waals surface area contributed by atoms with Gasteiger partial charge in [-0.1, -0.05) is 34.1 Å². The van der Waals surface area contributed by atoms with Crippen LogP contribution < -0.4 is 10.1 Å². The van der Waals surface area contributed by atoms with Crippen molar-refractivity contribution in [1.82, 2.24) is 5.32 Å². The molecule has 1 rings (SSSR count). The summed E-state index contributed by atoms with van der Waals surface area (Å²) in [7, 11) is 0. The van der Waals surface area contributed by atoms with Crippen molar-refractivity contribution in [3.8, 4) is 5.75 Å². The molecule has 0 aliphatic carbocycles. The van der Waals surface area contributed by atoms with Crippen LogP contribution in [0.2, 0.25) is 0 Å². The minimum Gasteiger partial charge on any atom is -0.434 e. The number of nitrogens with one attached hydrogen (secondary N) is 1. The number of hydrogen-bond acceptors (Lipinski definition) is 2. The van der Waals surface area contributed by atoms with Crippen LogP contribution in [0.3, 0.4) is 0 Å². The zero-order chi connectivity index (χ0) is 14.6. The molecule has 0 fully saturated rings. The lowest BCUT2D eigenvalue weighted by molar-refractivity contribution is -0.123. The fourth-order valence-corrected chi connectivity index (χ4v) is 1.60. The molecule has 1 unspecified atom stereocenters. The molecular formula is C13H16BrF2NO2. The molecule has 0 aromatic heterocycles. The molecule has 1 amide bonds. The van der Waals surface area contributed by atoms with Crippen molar-refractivity contribution in [2.45, 2.75) is 37.7 Å². The first-order valence-corrected chi connectivity index (χ1v) is 6.54. The quantitative estimate of drug-likeness (QED) is 0.834. The molecule has 3 nitrogen and oxygen atoms in total. The Labute approximate surface area is 119 Å². The van der Waals surface area contributed by atoms with Crippen molar-refractivity contribution >= 4 is 21.8 Å². The van der Waals surface area contributed by atoms with Gasteiger partial charge in [-0.3, -0.25) is 4.79 Å². The minimum atomic E-state index is -2.89. The second-order valence-corrected chi connectivity index (χ2v) is 6.57. The summed E-state index contributed by atoms with van der Waals surface area (Å²) >= 11 is 3.24. The highest BCUT2D eigenvalue weighted by Crippen LogP contribution is 2.27. The lowest BCUT2D eigenvalue weighted by Crippen LogP contribution is -2.39. The summed E-state index contributed by atoms with van der Waals surface area (Å²) in [5, 5.41) is 2.74. The fourth-order valence-electron chi connectivity index (χ4n) is 1.49. The Hall–Kier alpha value is -1.17. The first-order chi connectivity index (χ1) is 8.71. The molecule has 0 spiro atoms. The van der Waals surface area contributed by atoms with Crippen molar-refractivity contribution < 1.29 is 18.3 Å². The third kappa shape index (κ3) is 4.78. The van der Waals surface area contributed by atoms with E-state index in [1.807, 2.05) is 0 Å². The van der Waals surface area contributed by atoms with Gasteiger partial charge in [0.15, 0.2) is 0 Å². The molecule has 1 atom stereocenters. The van der Waals surface area contributed by atoms with Gasteiger partial charge in [0.05, 0.1) is 10.4 Å². The average molecular weight is 336 g/mol. The highest BCUT2D eigenvalue weighted by molar-refractivity contribution is 9.10. The van der Waals surface area contributed by atoms with Crippen LogP contribution in [0.15, 0.2) is 24.3 Å². The number of benzene rings is 1. The van der Waals surface area contributed by atoms with Gasteiger partial charge in [0.1, 0.15) is 5.75 Å². The number of para-hydroxylation sites is 1. The first kappa shape index (κ1) is 15.9. The molecule has 0 aliphatic rings. The Bertz CT molecular complexity index is 447. The fraction of sp³-hybridized carbons (Fsp3) is 0.462. The maximum Gasteiger partial charge on any atom is 0.387 e. The molecule has 0 aliphatic heterocycles. The summed E-state index contributed by atoms with van der Waals surface area (Å²) < 4.78 is 28.3.